The van der Waals surface area contributed by atoms with Gasteiger partial charge in [0, 0.05) is 5.41 Å². The number of benzene rings is 2. The van der Waals surface area contributed by atoms with E-state index in [1.807, 2.05) is 36.4 Å². The average molecular weight is 362 g/mol. The second-order valence-electron chi connectivity index (χ2n) is 5.13. The molecular formula is C19H22O5S. The molecule has 1 atom stereocenters. The molecule has 0 bridgehead atoms. The first-order valence-electron chi connectivity index (χ1n) is 7.59. The number of hydrogen-bond donors (Lipinski definition) is 0. The van der Waals surface area contributed by atoms with Crippen LogP contribution < -0.4 is 18.9 Å². The Balaban J connectivity index is 2.13. The summed E-state index contributed by atoms with van der Waals surface area (Å²) in [6.45, 7) is 0. The molecule has 1 unspecified atom stereocenters. The van der Waals surface area contributed by atoms with Crippen LogP contribution in [-0.4, -0.2) is 32.6 Å². The minimum atomic E-state index is -1.14. The number of rotatable bonds is 8. The Morgan fingerprint density at radius 2 is 1.48 bits per heavy atom. The molecule has 2 aromatic rings. The summed E-state index contributed by atoms with van der Waals surface area (Å²) in [7, 11) is 5.16. The lowest BCUT2D eigenvalue weighted by atomic mass is 10.2. The molecule has 0 aliphatic heterocycles. The first-order valence-corrected chi connectivity index (χ1v) is 8.97. The minimum absolute atomic E-state index is 0.435. The molecule has 6 heteroatoms. The van der Waals surface area contributed by atoms with E-state index in [0.717, 1.165) is 16.9 Å². The topological polar surface area (TPSA) is 54.0 Å². The van der Waals surface area contributed by atoms with Gasteiger partial charge < -0.3 is 18.9 Å². The zero-order valence-electron chi connectivity index (χ0n) is 14.8. The van der Waals surface area contributed by atoms with E-state index in [0.29, 0.717) is 23.0 Å². The van der Waals surface area contributed by atoms with Gasteiger partial charge in [0.25, 0.3) is 0 Å². The predicted molar refractivity (Wildman–Crippen MR) is 100.0 cm³/mol. The molecule has 0 radical (unpaired) electrons. The Labute approximate surface area is 150 Å². The van der Waals surface area contributed by atoms with Crippen LogP contribution in [0.4, 0.5) is 0 Å². The van der Waals surface area contributed by atoms with Crippen molar-refractivity contribution in [1.29, 1.82) is 0 Å². The van der Waals surface area contributed by atoms with Gasteiger partial charge in [-0.3, -0.25) is 4.21 Å². The quantitative estimate of drug-likeness (QED) is 0.718. The summed E-state index contributed by atoms with van der Waals surface area (Å²) in [6, 6.07) is 11.1. The van der Waals surface area contributed by atoms with Crippen LogP contribution in [0.2, 0.25) is 0 Å². The van der Waals surface area contributed by atoms with E-state index in [2.05, 4.69) is 0 Å². The van der Waals surface area contributed by atoms with Crippen molar-refractivity contribution in [2.24, 2.45) is 0 Å². The molecule has 25 heavy (non-hydrogen) atoms. The van der Waals surface area contributed by atoms with E-state index >= 15 is 0 Å². The Morgan fingerprint density at radius 3 is 1.96 bits per heavy atom. The summed E-state index contributed by atoms with van der Waals surface area (Å²) >= 11 is 0. The Morgan fingerprint density at radius 1 is 0.880 bits per heavy atom. The lowest BCUT2D eigenvalue weighted by Gasteiger charge is -2.12. The van der Waals surface area contributed by atoms with E-state index < -0.39 is 10.8 Å². The van der Waals surface area contributed by atoms with Crippen molar-refractivity contribution in [3.05, 3.63) is 52.9 Å². The van der Waals surface area contributed by atoms with Gasteiger partial charge >= 0.3 is 0 Å². The molecule has 134 valence electrons. The molecule has 5 nitrogen and oxygen atoms in total. The summed E-state index contributed by atoms with van der Waals surface area (Å²) in [4.78, 5) is 0. The Kier molecular flexibility index (Phi) is 6.89. The maximum absolute atomic E-state index is 12.3. The van der Waals surface area contributed by atoms with Crippen molar-refractivity contribution in [3.8, 4) is 23.0 Å². The fourth-order valence-electron chi connectivity index (χ4n) is 2.29. The number of hydrogen-bond acceptors (Lipinski definition) is 5. The molecule has 0 saturated carbocycles. The van der Waals surface area contributed by atoms with E-state index in [1.165, 1.54) is 0 Å². The van der Waals surface area contributed by atoms with E-state index in [-0.39, 0.29) is 0 Å². The van der Waals surface area contributed by atoms with Crippen molar-refractivity contribution in [1.82, 2.24) is 0 Å². The standard InChI is InChI=1S/C19H22O5S/c1-21-16-7-5-14(6-8-16)13-25(20)10-9-15-11-17(22-2)19(24-4)18(12-15)23-3/h5-12H,13H2,1-4H3/b10-9+. The minimum Gasteiger partial charge on any atom is -0.497 e. The molecule has 0 aliphatic rings. The smallest absolute Gasteiger partial charge is 0.203 e. The maximum Gasteiger partial charge on any atom is 0.203 e. The van der Waals surface area contributed by atoms with Crippen LogP contribution >= 0.6 is 0 Å². The van der Waals surface area contributed by atoms with Gasteiger partial charge in [0.05, 0.1) is 45.0 Å². The van der Waals surface area contributed by atoms with Gasteiger partial charge in [-0.25, -0.2) is 0 Å². The third-order valence-electron chi connectivity index (χ3n) is 3.57. The lowest BCUT2D eigenvalue weighted by molar-refractivity contribution is 0.324. The van der Waals surface area contributed by atoms with E-state index in [4.69, 9.17) is 18.9 Å². The highest BCUT2D eigenvalue weighted by molar-refractivity contribution is 7.87. The molecule has 2 rings (SSSR count). The van der Waals surface area contributed by atoms with Crippen LogP contribution in [0.15, 0.2) is 41.8 Å². The molecule has 0 aromatic heterocycles. The van der Waals surface area contributed by atoms with Crippen molar-refractivity contribution in [2.75, 3.05) is 28.4 Å². The molecule has 0 saturated heterocycles. The highest BCUT2D eigenvalue weighted by atomic mass is 32.2. The molecular weight excluding hydrogens is 340 g/mol. The van der Waals surface area contributed by atoms with Gasteiger partial charge in [0.1, 0.15) is 5.75 Å². The van der Waals surface area contributed by atoms with Gasteiger partial charge in [-0.05, 0) is 41.5 Å². The van der Waals surface area contributed by atoms with Crippen LogP contribution in [0.1, 0.15) is 11.1 Å². The van der Waals surface area contributed by atoms with Crippen molar-refractivity contribution in [2.45, 2.75) is 5.75 Å². The van der Waals surface area contributed by atoms with E-state index in [9.17, 15) is 4.21 Å². The second-order valence-corrected chi connectivity index (χ2v) is 6.46. The highest BCUT2D eigenvalue weighted by Crippen LogP contribution is 2.38. The van der Waals surface area contributed by atoms with Gasteiger partial charge in [0.15, 0.2) is 11.5 Å². The lowest BCUT2D eigenvalue weighted by Crippen LogP contribution is -1.96. The molecule has 0 N–H and O–H groups in total. The summed E-state index contributed by atoms with van der Waals surface area (Å²) in [6.07, 6.45) is 1.78. The maximum atomic E-state index is 12.3. The largest absolute Gasteiger partial charge is 0.497 e. The normalized spacial score (nSPS) is 12.0. The van der Waals surface area contributed by atoms with Crippen molar-refractivity contribution in [3.63, 3.8) is 0 Å². The molecule has 2 aromatic carbocycles. The third-order valence-corrected chi connectivity index (χ3v) is 4.62. The van der Waals surface area contributed by atoms with Crippen LogP contribution in [0.3, 0.4) is 0 Å². The molecule has 0 heterocycles. The van der Waals surface area contributed by atoms with Crippen molar-refractivity contribution < 1.29 is 23.2 Å². The van der Waals surface area contributed by atoms with Crippen LogP contribution in [0.25, 0.3) is 6.08 Å². The van der Waals surface area contributed by atoms with Gasteiger partial charge in [-0.1, -0.05) is 12.1 Å². The molecule has 0 spiro atoms. The Bertz CT molecular complexity index is 728. The molecule has 0 fully saturated rings. The summed E-state index contributed by atoms with van der Waals surface area (Å²) in [5, 5.41) is 1.66. The predicted octanol–water partition coefficient (Wildman–Crippen LogP) is 3.64. The zero-order chi connectivity index (χ0) is 18.2. The molecule has 0 amide bonds. The molecule has 0 aliphatic carbocycles. The van der Waals surface area contributed by atoms with E-state index in [1.54, 1.807) is 39.9 Å². The first-order chi connectivity index (χ1) is 12.1. The average Bonchev–Trinajstić information content (AvgIpc) is 2.65. The third kappa shape index (κ3) is 5.00. The highest BCUT2D eigenvalue weighted by Gasteiger charge is 2.12. The first kappa shape index (κ1) is 18.9. The monoisotopic (exact) mass is 362 g/mol. The number of ether oxygens (including phenoxy) is 4. The van der Waals surface area contributed by atoms with Crippen molar-refractivity contribution >= 4 is 16.9 Å². The van der Waals surface area contributed by atoms with Gasteiger partial charge in [-0.15, -0.1) is 0 Å². The van der Waals surface area contributed by atoms with Gasteiger partial charge in [0.2, 0.25) is 5.75 Å². The second kappa shape index (κ2) is 9.13. The SMILES string of the molecule is COc1ccc(CS(=O)/C=C/c2cc(OC)c(OC)c(OC)c2)cc1. The van der Waals surface area contributed by atoms with Crippen LogP contribution in [-0.2, 0) is 16.6 Å². The fourth-order valence-corrected chi connectivity index (χ4v) is 3.21. The Hall–Kier alpha value is -2.47. The summed E-state index contributed by atoms with van der Waals surface area (Å²) < 4.78 is 33.3. The number of methoxy groups -OCH3 is 4. The zero-order valence-corrected chi connectivity index (χ0v) is 15.6. The summed E-state index contributed by atoms with van der Waals surface area (Å²) in [5.41, 5.74) is 1.80. The van der Waals surface area contributed by atoms with Crippen LogP contribution in [0.5, 0.6) is 23.0 Å². The fraction of sp³-hybridized carbons (Fsp3) is 0.263. The van der Waals surface area contributed by atoms with Gasteiger partial charge in [-0.2, -0.15) is 0 Å². The van der Waals surface area contributed by atoms with Crippen LogP contribution in [0, 0.1) is 0 Å². The summed E-state index contributed by atoms with van der Waals surface area (Å²) in [5.74, 6) is 2.86.